The number of ether oxygens (including phenoxy) is 1. The molecule has 1 aromatic carbocycles. The van der Waals surface area contributed by atoms with E-state index in [0.717, 1.165) is 43.3 Å². The summed E-state index contributed by atoms with van der Waals surface area (Å²) < 4.78 is 5.87. The monoisotopic (exact) mass is 425 g/mol. The van der Waals surface area contributed by atoms with E-state index in [4.69, 9.17) is 15.9 Å². The SMILES string of the molecule is CCO[C@H]1CCCC[C@H]1Nc1ncc(C(N)=O)c(Nc2cccc([NH2+]/N=C\C=N)c2)n1. The normalized spacial score (nSPS) is 18.6. The van der Waals surface area contributed by atoms with Crippen molar-refractivity contribution < 1.29 is 15.0 Å². The molecule has 1 heterocycles. The van der Waals surface area contributed by atoms with Crippen molar-refractivity contribution in [3.05, 3.63) is 36.0 Å². The Hall–Kier alpha value is -3.37. The molecule has 1 saturated carbocycles. The number of amides is 1. The van der Waals surface area contributed by atoms with Crippen LogP contribution in [-0.2, 0) is 4.74 Å². The molecule has 2 atom stereocenters. The summed E-state index contributed by atoms with van der Waals surface area (Å²) in [6, 6.07) is 7.56. The van der Waals surface area contributed by atoms with E-state index in [1.54, 1.807) is 5.43 Å². The van der Waals surface area contributed by atoms with Crippen molar-refractivity contribution in [2.45, 2.75) is 44.8 Å². The van der Waals surface area contributed by atoms with Crippen LogP contribution in [0.1, 0.15) is 43.0 Å². The Bertz CT molecular complexity index is 931. The van der Waals surface area contributed by atoms with Crippen molar-refractivity contribution in [3.8, 4) is 0 Å². The van der Waals surface area contributed by atoms with Crippen molar-refractivity contribution in [2.75, 3.05) is 17.2 Å². The van der Waals surface area contributed by atoms with Crippen molar-refractivity contribution >= 4 is 41.5 Å². The van der Waals surface area contributed by atoms with E-state index in [1.807, 2.05) is 31.2 Å². The lowest BCUT2D eigenvalue weighted by molar-refractivity contribution is -0.576. The van der Waals surface area contributed by atoms with Crippen molar-refractivity contribution in [1.29, 1.82) is 5.41 Å². The number of carbonyl (C=O) groups excluding carboxylic acids is 1. The number of quaternary nitrogens is 1. The van der Waals surface area contributed by atoms with Gasteiger partial charge in [-0.25, -0.2) is 4.98 Å². The zero-order chi connectivity index (χ0) is 22.1. The van der Waals surface area contributed by atoms with Crippen molar-refractivity contribution in [1.82, 2.24) is 9.97 Å². The minimum absolute atomic E-state index is 0.114. The second-order valence-electron chi connectivity index (χ2n) is 7.19. The highest BCUT2D eigenvalue weighted by atomic mass is 16.5. The molecule has 3 rings (SSSR count). The fourth-order valence-electron chi connectivity index (χ4n) is 3.57. The van der Waals surface area contributed by atoms with Crippen LogP contribution < -0.4 is 21.8 Å². The van der Waals surface area contributed by atoms with Crippen LogP contribution in [-0.4, -0.2) is 47.1 Å². The molecular formula is C21H29N8O2+. The van der Waals surface area contributed by atoms with Gasteiger partial charge in [-0.3, -0.25) is 4.79 Å². The summed E-state index contributed by atoms with van der Waals surface area (Å²) in [4.78, 5) is 20.7. The fourth-order valence-corrected chi connectivity index (χ4v) is 3.57. The molecule has 0 radical (unpaired) electrons. The van der Waals surface area contributed by atoms with Crippen LogP contribution >= 0.6 is 0 Å². The molecule has 1 aliphatic carbocycles. The van der Waals surface area contributed by atoms with E-state index in [2.05, 4.69) is 25.7 Å². The molecule has 7 N–H and O–H groups in total. The number of carbonyl (C=O) groups is 1. The third kappa shape index (κ3) is 6.30. The van der Waals surface area contributed by atoms with Crippen LogP contribution in [0, 0.1) is 5.41 Å². The standard InChI is InChI=1S/C21H28N8O2/c1-2-31-18-9-4-3-8-17(18)27-21-24-13-16(19(23)30)20(28-21)26-14-6-5-7-15(12-14)29-25-11-10-22/h5-7,10-13,17-18,22,29H,2-4,8-9H2,1H3,(H2,23,30)(H2,24,26,27,28)/p+1/b22-10?,25-11-/t17-,18+/m1/s1. The predicted molar refractivity (Wildman–Crippen MR) is 120 cm³/mol. The van der Waals surface area contributed by atoms with Gasteiger partial charge in [0.15, 0.2) is 5.69 Å². The molecule has 10 nitrogen and oxygen atoms in total. The van der Waals surface area contributed by atoms with E-state index in [0.29, 0.717) is 18.4 Å². The molecule has 1 aliphatic rings. The van der Waals surface area contributed by atoms with Gasteiger partial charge in [-0.1, -0.05) is 24.0 Å². The van der Waals surface area contributed by atoms with Crippen LogP contribution in [0.3, 0.4) is 0 Å². The Morgan fingerprint density at radius 3 is 3.03 bits per heavy atom. The van der Waals surface area contributed by atoms with Gasteiger partial charge in [0.25, 0.3) is 5.91 Å². The average molecular weight is 426 g/mol. The van der Waals surface area contributed by atoms with Crippen LogP contribution in [0.25, 0.3) is 0 Å². The lowest BCUT2D eigenvalue weighted by Crippen LogP contribution is -2.71. The molecule has 1 amide bonds. The van der Waals surface area contributed by atoms with Crippen LogP contribution in [0.4, 0.5) is 23.1 Å². The van der Waals surface area contributed by atoms with Gasteiger partial charge in [0.2, 0.25) is 5.95 Å². The molecule has 31 heavy (non-hydrogen) atoms. The third-order valence-corrected chi connectivity index (χ3v) is 4.99. The maximum Gasteiger partial charge on any atom is 0.254 e. The molecular weight excluding hydrogens is 396 g/mol. The second-order valence-corrected chi connectivity index (χ2v) is 7.19. The maximum absolute atomic E-state index is 11.9. The molecule has 2 aromatic rings. The molecule has 1 fully saturated rings. The molecule has 0 saturated heterocycles. The molecule has 10 heteroatoms. The molecule has 164 valence electrons. The van der Waals surface area contributed by atoms with Crippen LogP contribution in [0.15, 0.2) is 35.6 Å². The lowest BCUT2D eigenvalue weighted by atomic mass is 9.92. The van der Waals surface area contributed by atoms with E-state index in [1.165, 1.54) is 12.4 Å². The van der Waals surface area contributed by atoms with E-state index in [-0.39, 0.29) is 17.7 Å². The largest absolute Gasteiger partial charge is 0.376 e. The summed E-state index contributed by atoms with van der Waals surface area (Å²) in [5, 5.41) is 17.5. The highest BCUT2D eigenvalue weighted by molar-refractivity contribution is 6.14. The van der Waals surface area contributed by atoms with Gasteiger partial charge in [-0.15, -0.1) is 0 Å². The number of rotatable bonds is 10. The fraction of sp³-hybridized carbons (Fsp3) is 0.381. The number of primary amides is 1. The number of hydrogen-bond donors (Lipinski definition) is 5. The number of anilines is 3. The lowest BCUT2D eigenvalue weighted by Gasteiger charge is -2.31. The number of nitrogens with one attached hydrogen (secondary N) is 3. The van der Waals surface area contributed by atoms with Gasteiger partial charge in [0.05, 0.1) is 12.1 Å². The highest BCUT2D eigenvalue weighted by Gasteiger charge is 2.26. The third-order valence-electron chi connectivity index (χ3n) is 4.99. The van der Waals surface area contributed by atoms with Crippen molar-refractivity contribution in [2.24, 2.45) is 10.8 Å². The number of benzene rings is 1. The summed E-state index contributed by atoms with van der Waals surface area (Å²) in [5.41, 5.74) is 8.91. The first-order valence-electron chi connectivity index (χ1n) is 10.4. The Balaban J connectivity index is 1.80. The molecule has 0 bridgehead atoms. The summed E-state index contributed by atoms with van der Waals surface area (Å²) in [6.07, 6.45) is 8.28. The second kappa shape index (κ2) is 11.1. The van der Waals surface area contributed by atoms with Gasteiger partial charge >= 0.3 is 0 Å². The average Bonchev–Trinajstić information content (AvgIpc) is 2.76. The van der Waals surface area contributed by atoms with E-state index < -0.39 is 5.91 Å². The molecule has 0 aliphatic heterocycles. The molecule has 1 aromatic heterocycles. The van der Waals surface area contributed by atoms with Gasteiger partial charge in [-0.05, 0) is 25.8 Å². The predicted octanol–water partition coefficient (Wildman–Crippen LogP) is 1.91. The quantitative estimate of drug-likeness (QED) is 0.169. The number of nitrogens with zero attached hydrogens (tertiary/aromatic N) is 3. The summed E-state index contributed by atoms with van der Waals surface area (Å²) in [7, 11) is 0. The summed E-state index contributed by atoms with van der Waals surface area (Å²) in [5.74, 6) is 0.133. The number of nitrogens with two attached hydrogens (primary N) is 2. The van der Waals surface area contributed by atoms with E-state index >= 15 is 0 Å². The van der Waals surface area contributed by atoms with Gasteiger partial charge < -0.3 is 26.5 Å². The van der Waals surface area contributed by atoms with E-state index in [9.17, 15) is 4.79 Å². The zero-order valence-corrected chi connectivity index (χ0v) is 17.5. The van der Waals surface area contributed by atoms with Gasteiger partial charge in [0, 0.05) is 36.8 Å². The molecule has 0 unspecified atom stereocenters. The minimum atomic E-state index is -0.614. The zero-order valence-electron chi connectivity index (χ0n) is 17.5. The minimum Gasteiger partial charge on any atom is -0.376 e. The Labute approximate surface area is 181 Å². The number of hydrogen-bond acceptors (Lipinski definition) is 8. The topological polar surface area (TPSA) is 155 Å². The Morgan fingerprint density at radius 2 is 2.26 bits per heavy atom. The first-order chi connectivity index (χ1) is 15.1. The van der Waals surface area contributed by atoms with Gasteiger partial charge in [0.1, 0.15) is 17.6 Å². The first-order valence-corrected chi connectivity index (χ1v) is 10.4. The van der Waals surface area contributed by atoms with Crippen LogP contribution in [0.5, 0.6) is 0 Å². The Kier molecular flexibility index (Phi) is 8.02. The maximum atomic E-state index is 11.9. The highest BCUT2D eigenvalue weighted by Crippen LogP contribution is 2.25. The van der Waals surface area contributed by atoms with Gasteiger partial charge in [-0.2, -0.15) is 10.4 Å². The first kappa shape index (κ1) is 22.3. The Morgan fingerprint density at radius 1 is 1.42 bits per heavy atom. The smallest absolute Gasteiger partial charge is 0.254 e. The molecule has 0 spiro atoms. The summed E-state index contributed by atoms with van der Waals surface area (Å²) in [6.45, 7) is 2.65. The summed E-state index contributed by atoms with van der Waals surface area (Å²) >= 11 is 0. The number of aromatic nitrogens is 2. The van der Waals surface area contributed by atoms with Crippen molar-refractivity contribution in [3.63, 3.8) is 0 Å². The van der Waals surface area contributed by atoms with Crippen LogP contribution in [0.2, 0.25) is 0 Å².